The molecule has 0 atom stereocenters. The third kappa shape index (κ3) is 6.27. The predicted octanol–water partition coefficient (Wildman–Crippen LogP) is 5.09. The number of carbonyl (C=O) groups excluding carboxylic acids is 1. The van der Waals surface area contributed by atoms with E-state index < -0.39 is 0 Å². The molecule has 3 aromatic carbocycles. The van der Waals surface area contributed by atoms with Gasteiger partial charge in [0.05, 0.1) is 18.4 Å². The number of benzene rings is 3. The minimum absolute atomic E-state index is 0.0456. The summed E-state index contributed by atoms with van der Waals surface area (Å²) in [5.41, 5.74) is 2.93. The van der Waals surface area contributed by atoms with Gasteiger partial charge in [-0.2, -0.15) is 0 Å². The van der Waals surface area contributed by atoms with Crippen molar-refractivity contribution >= 4 is 17.7 Å². The second-order valence-corrected chi connectivity index (χ2v) is 9.00. The molecule has 1 amide bonds. The molecule has 6 nitrogen and oxygen atoms in total. The number of methoxy groups -OCH3 is 1. The summed E-state index contributed by atoms with van der Waals surface area (Å²) in [6.07, 6.45) is 0.799. The normalized spacial score (nSPS) is 10.8. The summed E-state index contributed by atoms with van der Waals surface area (Å²) < 4.78 is 20.8. The zero-order chi connectivity index (χ0) is 24.6. The second-order valence-electron chi connectivity index (χ2n) is 8.06. The topological polar surface area (TPSA) is 60.3 Å². The summed E-state index contributed by atoms with van der Waals surface area (Å²) >= 11 is 1.36. The summed E-state index contributed by atoms with van der Waals surface area (Å²) in [5, 5.41) is 9.54. The van der Waals surface area contributed by atoms with Gasteiger partial charge >= 0.3 is 0 Å². The molecule has 35 heavy (non-hydrogen) atoms. The van der Waals surface area contributed by atoms with Gasteiger partial charge in [0, 0.05) is 20.1 Å². The molecule has 0 N–H and O–H groups in total. The van der Waals surface area contributed by atoms with Crippen LogP contribution in [0.15, 0.2) is 84.0 Å². The van der Waals surface area contributed by atoms with Gasteiger partial charge in [-0.3, -0.25) is 4.79 Å². The first-order chi connectivity index (χ1) is 17.0. The molecule has 1 heterocycles. The zero-order valence-corrected chi connectivity index (χ0v) is 20.5. The average molecular weight is 491 g/mol. The van der Waals surface area contributed by atoms with E-state index in [1.54, 1.807) is 31.2 Å². The number of ether oxygens (including phenoxy) is 1. The number of aryl methyl sites for hydroxylation is 1. The molecule has 8 heteroatoms. The van der Waals surface area contributed by atoms with Gasteiger partial charge in [0.1, 0.15) is 11.6 Å². The molecule has 0 fully saturated rings. The van der Waals surface area contributed by atoms with E-state index >= 15 is 0 Å². The van der Waals surface area contributed by atoms with Gasteiger partial charge in [0.15, 0.2) is 11.0 Å². The maximum Gasteiger partial charge on any atom is 0.233 e. The van der Waals surface area contributed by atoms with E-state index in [-0.39, 0.29) is 17.5 Å². The molecule has 0 spiro atoms. The predicted molar refractivity (Wildman–Crippen MR) is 136 cm³/mol. The van der Waals surface area contributed by atoms with Gasteiger partial charge in [-0.15, -0.1) is 10.2 Å². The van der Waals surface area contributed by atoms with Gasteiger partial charge < -0.3 is 14.2 Å². The van der Waals surface area contributed by atoms with Crippen LogP contribution in [-0.4, -0.2) is 45.5 Å². The van der Waals surface area contributed by atoms with Crippen LogP contribution in [0.25, 0.3) is 11.4 Å². The van der Waals surface area contributed by atoms with E-state index in [4.69, 9.17) is 4.74 Å². The Morgan fingerprint density at radius 3 is 2.43 bits per heavy atom. The van der Waals surface area contributed by atoms with Crippen molar-refractivity contribution in [3.8, 4) is 17.1 Å². The van der Waals surface area contributed by atoms with E-state index in [0.717, 1.165) is 17.5 Å². The van der Waals surface area contributed by atoms with Crippen LogP contribution in [0.4, 0.5) is 4.39 Å². The molecule has 0 bridgehead atoms. The van der Waals surface area contributed by atoms with Gasteiger partial charge in [0.25, 0.3) is 0 Å². The van der Waals surface area contributed by atoms with E-state index in [2.05, 4.69) is 22.3 Å². The van der Waals surface area contributed by atoms with Crippen molar-refractivity contribution < 1.29 is 13.9 Å². The molecule has 1 aromatic heterocycles. The summed E-state index contributed by atoms with van der Waals surface area (Å²) in [7, 11) is 3.38. The molecule has 0 radical (unpaired) electrons. The maximum atomic E-state index is 13.2. The van der Waals surface area contributed by atoms with Crippen LogP contribution in [0.2, 0.25) is 0 Å². The minimum Gasteiger partial charge on any atom is -0.496 e. The Balaban J connectivity index is 1.51. The molecule has 0 aliphatic heterocycles. The van der Waals surface area contributed by atoms with Gasteiger partial charge in [-0.05, 0) is 41.8 Å². The first-order valence-corrected chi connectivity index (χ1v) is 12.3. The molecule has 180 valence electrons. The highest BCUT2D eigenvalue weighted by Gasteiger charge is 2.19. The summed E-state index contributed by atoms with van der Waals surface area (Å²) in [5.74, 6) is 1.29. The Hall–Kier alpha value is -3.65. The average Bonchev–Trinajstić information content (AvgIpc) is 3.30. The van der Waals surface area contributed by atoms with E-state index in [0.29, 0.717) is 29.8 Å². The highest BCUT2D eigenvalue weighted by atomic mass is 32.2. The van der Waals surface area contributed by atoms with Gasteiger partial charge in [-0.1, -0.05) is 66.4 Å². The molecule has 4 rings (SSSR count). The molecular formula is C27H27FN4O2S. The van der Waals surface area contributed by atoms with Crippen molar-refractivity contribution in [2.45, 2.75) is 24.7 Å². The van der Waals surface area contributed by atoms with Crippen molar-refractivity contribution in [2.24, 2.45) is 0 Å². The number of hydrogen-bond acceptors (Lipinski definition) is 5. The van der Waals surface area contributed by atoms with Crippen molar-refractivity contribution in [1.29, 1.82) is 0 Å². The quantitative estimate of drug-likeness (QED) is 0.290. The fourth-order valence-electron chi connectivity index (χ4n) is 3.70. The van der Waals surface area contributed by atoms with Crippen LogP contribution in [0.1, 0.15) is 11.1 Å². The van der Waals surface area contributed by atoms with E-state index in [1.807, 2.05) is 47.0 Å². The second kappa shape index (κ2) is 11.7. The van der Waals surface area contributed by atoms with Crippen LogP contribution >= 0.6 is 11.8 Å². The Bertz CT molecular complexity index is 1260. The summed E-state index contributed by atoms with van der Waals surface area (Å²) in [6.45, 7) is 1.07. The number of rotatable bonds is 10. The summed E-state index contributed by atoms with van der Waals surface area (Å²) in [4.78, 5) is 14.4. The van der Waals surface area contributed by atoms with Crippen LogP contribution in [-0.2, 0) is 24.3 Å². The van der Waals surface area contributed by atoms with E-state index in [1.165, 1.54) is 29.5 Å². The molecule has 4 aromatic rings. The Kier molecular flexibility index (Phi) is 8.15. The zero-order valence-electron chi connectivity index (χ0n) is 19.7. The van der Waals surface area contributed by atoms with Crippen LogP contribution < -0.4 is 4.74 Å². The number of para-hydroxylation sites is 1. The van der Waals surface area contributed by atoms with Crippen LogP contribution in [0.3, 0.4) is 0 Å². The van der Waals surface area contributed by atoms with Crippen molar-refractivity contribution in [2.75, 3.05) is 19.9 Å². The Morgan fingerprint density at radius 1 is 0.971 bits per heavy atom. The van der Waals surface area contributed by atoms with Crippen LogP contribution in [0, 0.1) is 5.82 Å². The molecule has 0 aliphatic carbocycles. The van der Waals surface area contributed by atoms with Gasteiger partial charge in [-0.25, -0.2) is 4.39 Å². The monoisotopic (exact) mass is 490 g/mol. The van der Waals surface area contributed by atoms with Crippen molar-refractivity contribution in [3.63, 3.8) is 0 Å². The fraction of sp³-hybridized carbons (Fsp3) is 0.222. The first kappa shape index (κ1) is 24.5. The van der Waals surface area contributed by atoms with Crippen molar-refractivity contribution in [3.05, 3.63) is 95.8 Å². The number of amides is 1. The summed E-state index contributed by atoms with van der Waals surface area (Å²) in [6, 6.07) is 24.1. The lowest BCUT2D eigenvalue weighted by molar-refractivity contribution is -0.127. The van der Waals surface area contributed by atoms with Crippen molar-refractivity contribution in [1.82, 2.24) is 19.7 Å². The number of aromatic nitrogens is 3. The largest absolute Gasteiger partial charge is 0.496 e. The van der Waals surface area contributed by atoms with E-state index in [9.17, 15) is 9.18 Å². The van der Waals surface area contributed by atoms with Crippen LogP contribution in [0.5, 0.6) is 5.75 Å². The third-order valence-electron chi connectivity index (χ3n) is 5.62. The number of halogens is 1. The maximum absolute atomic E-state index is 13.2. The molecular weight excluding hydrogens is 463 g/mol. The molecule has 0 aliphatic rings. The third-order valence-corrected chi connectivity index (χ3v) is 6.57. The number of thioether (sulfide) groups is 1. The number of carbonyl (C=O) groups is 1. The first-order valence-electron chi connectivity index (χ1n) is 11.3. The minimum atomic E-state index is -0.293. The lowest BCUT2D eigenvalue weighted by atomic mass is 10.1. The SMILES string of the molecule is COc1ccccc1-c1nnc(SCC(=O)N(C)Cc2ccc(F)cc2)n1CCc1ccccc1. The Labute approximate surface area is 208 Å². The highest BCUT2D eigenvalue weighted by Crippen LogP contribution is 2.31. The lowest BCUT2D eigenvalue weighted by Crippen LogP contribution is -2.28. The van der Waals surface area contributed by atoms with Gasteiger partial charge in [0.2, 0.25) is 5.91 Å². The Morgan fingerprint density at radius 2 is 1.69 bits per heavy atom. The molecule has 0 saturated heterocycles. The fourth-order valence-corrected chi connectivity index (χ4v) is 4.60. The molecule has 0 unspecified atom stereocenters. The number of nitrogens with zero attached hydrogens (tertiary/aromatic N) is 4. The lowest BCUT2D eigenvalue weighted by Gasteiger charge is -2.17. The smallest absolute Gasteiger partial charge is 0.233 e. The number of hydrogen-bond donors (Lipinski definition) is 0. The standard InChI is InChI=1S/C27H27FN4O2S/c1-31(18-21-12-14-22(28)15-13-21)25(33)19-35-27-30-29-26(23-10-6-7-11-24(23)34-2)32(27)17-16-20-8-4-3-5-9-20/h3-15H,16-19H2,1-2H3. The highest BCUT2D eigenvalue weighted by molar-refractivity contribution is 7.99. The molecule has 0 saturated carbocycles.